The molecule has 1 fully saturated rings. The highest BCUT2D eigenvalue weighted by molar-refractivity contribution is 7.91. The fourth-order valence-electron chi connectivity index (χ4n) is 4.86. The number of ether oxygens (including phenoxy) is 1. The lowest BCUT2D eigenvalue weighted by Crippen LogP contribution is -2.40. The van der Waals surface area contributed by atoms with Gasteiger partial charge in [0.1, 0.15) is 17.9 Å². The second-order valence-electron chi connectivity index (χ2n) is 9.78. The Morgan fingerprint density at radius 3 is 2.64 bits per heavy atom. The Morgan fingerprint density at radius 2 is 1.79 bits per heavy atom. The Hall–Kier alpha value is -4.02. The normalized spacial score (nSPS) is 15.5. The van der Waals surface area contributed by atoms with Crippen molar-refractivity contribution in [2.75, 3.05) is 43.1 Å². The van der Waals surface area contributed by atoms with Crippen molar-refractivity contribution in [2.24, 2.45) is 0 Å². The molecule has 1 saturated heterocycles. The van der Waals surface area contributed by atoms with E-state index in [-0.39, 0.29) is 11.5 Å². The zero-order valence-corrected chi connectivity index (χ0v) is 22.3. The fourth-order valence-corrected chi connectivity index (χ4v) is 6.14. The summed E-state index contributed by atoms with van der Waals surface area (Å²) in [5.74, 6) is 1.95. The number of nitrogens with one attached hydrogen (secondary N) is 1. The van der Waals surface area contributed by atoms with Gasteiger partial charge in [0, 0.05) is 36.1 Å². The zero-order valence-electron chi connectivity index (χ0n) is 21.5. The molecule has 1 aliphatic heterocycles. The Balaban J connectivity index is 1.12. The number of benzene rings is 3. The van der Waals surface area contributed by atoms with Crippen LogP contribution in [0.5, 0.6) is 5.75 Å². The summed E-state index contributed by atoms with van der Waals surface area (Å²) >= 11 is 0. The maximum absolute atomic E-state index is 11.6. The standard InChI is InChI=1S/C29H30N6O3S/c36-39(37)15-12-34(13-16-39)11-4-14-38-25-8-9-27-26(18-25)29(31-21-30-27)33-24-7-10-28-23(17-24)19-32-35(28)20-22-5-2-1-3-6-22/h1-3,5-10,17-19,21H,4,11-16,20H2,(H,30,31,33). The van der Waals surface area contributed by atoms with Crippen LogP contribution in [-0.4, -0.2) is 70.8 Å². The minimum absolute atomic E-state index is 0.247. The van der Waals surface area contributed by atoms with E-state index in [1.54, 1.807) is 6.33 Å². The lowest BCUT2D eigenvalue weighted by atomic mass is 10.2. The summed E-state index contributed by atoms with van der Waals surface area (Å²) in [6.45, 7) is 3.29. The van der Waals surface area contributed by atoms with Gasteiger partial charge in [-0.15, -0.1) is 0 Å². The third-order valence-corrected chi connectivity index (χ3v) is 8.62. The summed E-state index contributed by atoms with van der Waals surface area (Å²) < 4.78 is 31.2. The van der Waals surface area contributed by atoms with Crippen LogP contribution in [-0.2, 0) is 16.4 Å². The van der Waals surface area contributed by atoms with Gasteiger partial charge < -0.3 is 15.0 Å². The Bertz CT molecular complexity index is 1690. The van der Waals surface area contributed by atoms with Crippen LogP contribution in [0.1, 0.15) is 12.0 Å². The van der Waals surface area contributed by atoms with Crippen LogP contribution < -0.4 is 10.1 Å². The van der Waals surface area contributed by atoms with Crippen LogP contribution in [0.25, 0.3) is 21.8 Å². The summed E-state index contributed by atoms with van der Waals surface area (Å²) in [5, 5.41) is 9.95. The molecule has 0 atom stereocenters. The van der Waals surface area contributed by atoms with E-state index in [2.05, 4.69) is 49.5 Å². The predicted octanol–water partition coefficient (Wildman–Crippen LogP) is 4.27. The molecule has 9 nitrogen and oxygen atoms in total. The summed E-state index contributed by atoms with van der Waals surface area (Å²) in [4.78, 5) is 11.1. The van der Waals surface area contributed by atoms with Gasteiger partial charge in [0.2, 0.25) is 0 Å². The van der Waals surface area contributed by atoms with E-state index in [4.69, 9.17) is 4.74 Å². The average molecular weight is 543 g/mol. The zero-order chi connectivity index (χ0) is 26.7. The van der Waals surface area contributed by atoms with E-state index >= 15 is 0 Å². The number of aromatic nitrogens is 4. The highest BCUT2D eigenvalue weighted by Gasteiger charge is 2.20. The number of anilines is 2. The Morgan fingerprint density at radius 1 is 0.949 bits per heavy atom. The van der Waals surface area contributed by atoms with Crippen molar-refractivity contribution in [1.82, 2.24) is 24.6 Å². The Labute approximate surface area is 227 Å². The third kappa shape index (κ3) is 6.02. The van der Waals surface area contributed by atoms with Gasteiger partial charge in [-0.25, -0.2) is 18.4 Å². The van der Waals surface area contributed by atoms with Gasteiger partial charge in [0.15, 0.2) is 9.84 Å². The van der Waals surface area contributed by atoms with Crippen LogP contribution in [0, 0.1) is 0 Å². The Kier molecular flexibility index (Phi) is 7.12. The van der Waals surface area contributed by atoms with Crippen molar-refractivity contribution >= 4 is 43.1 Å². The van der Waals surface area contributed by atoms with Gasteiger partial charge in [0.05, 0.1) is 41.9 Å². The molecule has 5 aromatic rings. The van der Waals surface area contributed by atoms with Crippen molar-refractivity contribution in [1.29, 1.82) is 0 Å². The molecule has 200 valence electrons. The van der Waals surface area contributed by atoms with E-state index in [9.17, 15) is 8.42 Å². The number of hydrogen-bond donors (Lipinski definition) is 1. The lowest BCUT2D eigenvalue weighted by Gasteiger charge is -2.26. The number of fused-ring (bicyclic) bond motifs is 2. The predicted molar refractivity (Wildman–Crippen MR) is 153 cm³/mol. The summed E-state index contributed by atoms with van der Waals surface area (Å²) in [6, 6.07) is 22.3. The molecule has 0 radical (unpaired) electrons. The average Bonchev–Trinajstić information content (AvgIpc) is 3.34. The minimum atomic E-state index is -2.85. The van der Waals surface area contributed by atoms with Gasteiger partial charge in [-0.2, -0.15) is 5.10 Å². The molecule has 2 aromatic heterocycles. The number of hydrogen-bond acceptors (Lipinski definition) is 8. The maximum atomic E-state index is 11.6. The molecule has 10 heteroatoms. The third-order valence-electron chi connectivity index (χ3n) is 7.01. The van der Waals surface area contributed by atoms with E-state index in [0.29, 0.717) is 25.5 Å². The summed E-state index contributed by atoms with van der Waals surface area (Å²) in [6.07, 6.45) is 4.27. The van der Waals surface area contributed by atoms with Gasteiger partial charge in [-0.3, -0.25) is 4.68 Å². The second kappa shape index (κ2) is 11.0. The molecule has 1 aliphatic rings. The molecule has 3 heterocycles. The minimum Gasteiger partial charge on any atom is -0.494 e. The van der Waals surface area contributed by atoms with Crippen LogP contribution in [0.4, 0.5) is 11.5 Å². The van der Waals surface area contributed by atoms with E-state index in [1.807, 2.05) is 53.3 Å². The van der Waals surface area contributed by atoms with E-state index < -0.39 is 9.84 Å². The maximum Gasteiger partial charge on any atom is 0.152 e. The first-order chi connectivity index (χ1) is 19.0. The van der Waals surface area contributed by atoms with Crippen LogP contribution in [0.15, 0.2) is 79.3 Å². The van der Waals surface area contributed by atoms with E-state index in [1.165, 1.54) is 5.56 Å². The summed E-state index contributed by atoms with van der Waals surface area (Å²) in [5.41, 5.74) is 4.01. The molecule has 0 spiro atoms. The van der Waals surface area contributed by atoms with E-state index in [0.717, 1.165) is 52.8 Å². The quantitative estimate of drug-likeness (QED) is 0.276. The van der Waals surface area contributed by atoms with Gasteiger partial charge in [0.25, 0.3) is 0 Å². The smallest absolute Gasteiger partial charge is 0.152 e. The number of nitrogens with zero attached hydrogens (tertiary/aromatic N) is 5. The SMILES string of the molecule is O=S1(=O)CCN(CCCOc2ccc3ncnc(Nc4ccc5c(cnn5Cc5ccccc5)c4)c3c2)CC1. The molecule has 1 N–H and O–H groups in total. The molecule has 0 bridgehead atoms. The van der Waals surface area contributed by atoms with Crippen LogP contribution in [0.3, 0.4) is 0 Å². The van der Waals surface area contributed by atoms with Gasteiger partial charge in [-0.05, 0) is 48.4 Å². The second-order valence-corrected chi connectivity index (χ2v) is 12.1. The highest BCUT2D eigenvalue weighted by atomic mass is 32.2. The van der Waals surface area contributed by atoms with Crippen LogP contribution >= 0.6 is 0 Å². The van der Waals surface area contributed by atoms with Crippen molar-refractivity contribution in [2.45, 2.75) is 13.0 Å². The first-order valence-corrected chi connectivity index (χ1v) is 14.9. The molecule has 0 saturated carbocycles. The van der Waals surface area contributed by atoms with Crippen molar-refractivity contribution in [3.8, 4) is 5.75 Å². The van der Waals surface area contributed by atoms with Gasteiger partial charge >= 0.3 is 0 Å². The number of rotatable bonds is 9. The lowest BCUT2D eigenvalue weighted by molar-refractivity contribution is 0.246. The molecule has 3 aromatic carbocycles. The fraction of sp³-hybridized carbons (Fsp3) is 0.276. The van der Waals surface area contributed by atoms with Crippen molar-refractivity contribution in [3.63, 3.8) is 0 Å². The molecular formula is C29H30N6O3S. The molecule has 6 rings (SSSR count). The molecule has 39 heavy (non-hydrogen) atoms. The molecule has 0 unspecified atom stereocenters. The molecule has 0 amide bonds. The van der Waals surface area contributed by atoms with Gasteiger partial charge in [-0.1, -0.05) is 30.3 Å². The largest absolute Gasteiger partial charge is 0.494 e. The first kappa shape index (κ1) is 25.3. The van der Waals surface area contributed by atoms with Crippen LogP contribution in [0.2, 0.25) is 0 Å². The first-order valence-electron chi connectivity index (χ1n) is 13.1. The molecule has 0 aliphatic carbocycles. The molecular weight excluding hydrogens is 512 g/mol. The topological polar surface area (TPSA) is 102 Å². The highest BCUT2D eigenvalue weighted by Crippen LogP contribution is 2.28. The number of sulfone groups is 1. The van der Waals surface area contributed by atoms with Crippen molar-refractivity contribution < 1.29 is 13.2 Å². The summed E-state index contributed by atoms with van der Waals surface area (Å²) in [7, 11) is -2.85. The van der Waals surface area contributed by atoms with Crippen molar-refractivity contribution in [3.05, 3.63) is 84.8 Å². The monoisotopic (exact) mass is 542 g/mol.